The summed E-state index contributed by atoms with van der Waals surface area (Å²) in [5.74, 6) is -1.25. The molecular formula is C50H80N10O10S. The van der Waals surface area contributed by atoms with Crippen molar-refractivity contribution in [1.29, 1.82) is 0 Å². The summed E-state index contributed by atoms with van der Waals surface area (Å²) in [5, 5.41) is 20.4. The summed E-state index contributed by atoms with van der Waals surface area (Å²) in [5.41, 5.74) is 7.67. The van der Waals surface area contributed by atoms with Crippen molar-refractivity contribution in [3.63, 3.8) is 0 Å². The number of methoxy groups -OCH3 is 1. The van der Waals surface area contributed by atoms with Crippen LogP contribution in [0, 0.1) is 11.8 Å². The van der Waals surface area contributed by atoms with E-state index in [1.807, 2.05) is 38.4 Å². The van der Waals surface area contributed by atoms with E-state index in [0.29, 0.717) is 61.3 Å². The number of aromatic nitrogens is 2. The van der Waals surface area contributed by atoms with E-state index in [9.17, 15) is 32.4 Å². The third kappa shape index (κ3) is 19.0. The standard InChI is InChI=1S/C50H80N10O10S/c1-10-36(29-56-49-52-22-15-23-53-49)21-24-60-41-20-19-37(27-38(41)30-57-60)46(63)55-31-40(48(65)68-9)59-71(66,67)45-32(2)26-42(34(4)35(45)5)69-25-14-17-43(61)58-33(3)28-54-47(64)39(51)16-12-11-13-18-44(62)70-50(6,7)8/h19-20,26-27,30,33-34,36,39-40,42,59H,10-18,21-25,28-29,31,51H2,1-9H3,(H,54,64)(H,55,63)(H,58,61)(H2,52,53,56)/t33?,34?,36?,39?,40-,42?/m0/s1. The molecule has 3 amide bonds. The second kappa shape index (κ2) is 28.0. The number of nitrogens with two attached hydrogens (primary N) is 1. The number of fused-ring (bicyclic) bond motifs is 1. The Labute approximate surface area is 419 Å². The van der Waals surface area contributed by atoms with Crippen LogP contribution in [-0.2, 0) is 50.0 Å². The molecule has 2 heterocycles. The molecule has 1 aliphatic carbocycles. The summed E-state index contributed by atoms with van der Waals surface area (Å²) >= 11 is 0. The summed E-state index contributed by atoms with van der Waals surface area (Å²) in [6.07, 6.45) is 9.32. The molecule has 1 aromatic heterocycles. The fourth-order valence-electron chi connectivity index (χ4n) is 8.33. The summed E-state index contributed by atoms with van der Waals surface area (Å²) < 4.78 is 48.7. The number of esters is 2. The highest BCUT2D eigenvalue weighted by atomic mass is 32.2. The van der Waals surface area contributed by atoms with Crippen molar-refractivity contribution in [3.05, 3.63) is 52.1 Å². The van der Waals surface area contributed by atoms with Gasteiger partial charge in [0.25, 0.3) is 5.91 Å². The lowest BCUT2D eigenvalue weighted by atomic mass is 9.88. The highest BCUT2D eigenvalue weighted by Crippen LogP contribution is 2.34. The average molecular weight is 1010 g/mol. The van der Waals surface area contributed by atoms with Gasteiger partial charge in [-0.25, -0.2) is 8.42 Å². The molecular weight excluding hydrogens is 933 g/mol. The number of carbonyl (C=O) groups is 5. The highest BCUT2D eigenvalue weighted by Gasteiger charge is 2.35. The summed E-state index contributed by atoms with van der Waals surface area (Å²) in [7, 11) is -3.16. The number of guanidine groups is 1. The zero-order chi connectivity index (χ0) is 52.3. The Morgan fingerprint density at radius 3 is 2.45 bits per heavy atom. The maximum absolute atomic E-state index is 14.0. The van der Waals surface area contributed by atoms with E-state index in [0.717, 1.165) is 69.3 Å². The van der Waals surface area contributed by atoms with Crippen LogP contribution in [0.2, 0.25) is 0 Å². The number of nitrogens with zero attached hydrogens (tertiary/aromatic N) is 3. The number of benzene rings is 1. The van der Waals surface area contributed by atoms with E-state index in [1.54, 1.807) is 45.2 Å². The first-order valence-corrected chi connectivity index (χ1v) is 26.5. The van der Waals surface area contributed by atoms with E-state index in [4.69, 9.17) is 19.9 Å². The van der Waals surface area contributed by atoms with Gasteiger partial charge >= 0.3 is 11.9 Å². The number of aliphatic imine (C=N–C) groups is 1. The minimum absolute atomic E-state index is 0.0152. The number of nitrogens with one attached hydrogen (secondary N) is 6. The molecule has 5 unspecified atom stereocenters. The van der Waals surface area contributed by atoms with Crippen LogP contribution in [0.25, 0.3) is 10.9 Å². The number of rotatable bonds is 28. The molecule has 0 fully saturated rings. The average Bonchev–Trinajstić information content (AvgIpc) is 3.73. The number of hydrogen-bond acceptors (Lipinski definition) is 15. The van der Waals surface area contributed by atoms with Gasteiger partial charge in [0.05, 0.1) is 35.9 Å². The van der Waals surface area contributed by atoms with Gasteiger partial charge in [0, 0.05) is 81.6 Å². The fraction of sp³-hybridized carbons (Fsp3) is 0.660. The van der Waals surface area contributed by atoms with Crippen LogP contribution >= 0.6 is 0 Å². The van der Waals surface area contributed by atoms with Crippen molar-refractivity contribution in [3.8, 4) is 0 Å². The SMILES string of the molecule is CCC(CCn1ncc2cc(C(=O)NC[C@H](NS(=O)(=O)C3=C(C)C(C)C(OCCCC(=O)NC(C)CNC(=O)C(N)CCCCCC(=O)OC(C)(C)C)C=C3C)C(=O)OC)ccc21)CNC1=NCCCN1. The topological polar surface area (TPSA) is 276 Å². The molecule has 2 aromatic rings. The molecule has 0 saturated carbocycles. The Balaban J connectivity index is 1.20. The Morgan fingerprint density at radius 2 is 1.76 bits per heavy atom. The Morgan fingerprint density at radius 1 is 1.00 bits per heavy atom. The molecule has 6 atom stereocenters. The first-order valence-electron chi connectivity index (χ1n) is 25.0. The van der Waals surface area contributed by atoms with Gasteiger partial charge in [0.1, 0.15) is 11.6 Å². The second-order valence-electron chi connectivity index (χ2n) is 19.6. The van der Waals surface area contributed by atoms with Crippen LogP contribution < -0.4 is 37.0 Å². The zero-order valence-corrected chi connectivity index (χ0v) is 44.1. The van der Waals surface area contributed by atoms with E-state index >= 15 is 0 Å². The molecule has 396 valence electrons. The van der Waals surface area contributed by atoms with Crippen LogP contribution in [0.1, 0.15) is 130 Å². The predicted molar refractivity (Wildman–Crippen MR) is 273 cm³/mol. The van der Waals surface area contributed by atoms with Crippen LogP contribution in [0.15, 0.2) is 51.5 Å². The molecule has 8 N–H and O–H groups in total. The molecule has 0 radical (unpaired) electrons. The van der Waals surface area contributed by atoms with Crippen molar-refractivity contribution in [2.75, 3.05) is 46.4 Å². The Hall–Kier alpha value is -5.38. The number of carbonyl (C=O) groups excluding carboxylic acids is 5. The lowest BCUT2D eigenvalue weighted by Crippen LogP contribution is -2.49. The summed E-state index contributed by atoms with van der Waals surface area (Å²) in [4.78, 5) is 67.9. The fourth-order valence-corrected chi connectivity index (χ4v) is 10.1. The van der Waals surface area contributed by atoms with Gasteiger partial charge in [0.2, 0.25) is 21.8 Å². The van der Waals surface area contributed by atoms with E-state index in [1.165, 1.54) is 0 Å². The van der Waals surface area contributed by atoms with E-state index in [-0.39, 0.29) is 60.8 Å². The van der Waals surface area contributed by atoms with E-state index in [2.05, 4.69) is 48.3 Å². The van der Waals surface area contributed by atoms with E-state index < -0.39 is 45.7 Å². The van der Waals surface area contributed by atoms with Gasteiger partial charge in [-0.15, -0.1) is 0 Å². The van der Waals surface area contributed by atoms with Crippen molar-refractivity contribution in [1.82, 2.24) is 41.1 Å². The first kappa shape index (κ1) is 58.2. The molecule has 0 saturated heterocycles. The minimum Gasteiger partial charge on any atom is -0.468 e. The smallest absolute Gasteiger partial charge is 0.325 e. The number of unbranched alkanes of at least 4 members (excludes halogenated alkanes) is 2. The molecule has 21 heteroatoms. The maximum atomic E-state index is 14.0. The highest BCUT2D eigenvalue weighted by molar-refractivity contribution is 7.93. The number of amides is 3. The molecule has 1 aliphatic heterocycles. The summed E-state index contributed by atoms with van der Waals surface area (Å²) in [6.45, 7) is 17.9. The van der Waals surface area contributed by atoms with Crippen molar-refractivity contribution < 1.29 is 46.6 Å². The van der Waals surface area contributed by atoms with Gasteiger partial charge in [-0.1, -0.05) is 39.2 Å². The van der Waals surface area contributed by atoms with Crippen molar-refractivity contribution >= 4 is 56.5 Å². The lowest BCUT2D eigenvalue weighted by molar-refractivity contribution is -0.155. The van der Waals surface area contributed by atoms with Gasteiger partial charge < -0.3 is 46.5 Å². The molecule has 1 aromatic carbocycles. The number of sulfonamides is 1. The summed E-state index contributed by atoms with van der Waals surface area (Å²) in [6, 6.07) is 2.74. The molecule has 20 nitrogen and oxygen atoms in total. The third-order valence-corrected chi connectivity index (χ3v) is 14.3. The quantitative estimate of drug-likeness (QED) is 0.0471. The van der Waals surface area contributed by atoms with Gasteiger partial charge in [0.15, 0.2) is 5.96 Å². The van der Waals surface area contributed by atoms with Crippen molar-refractivity contribution in [2.24, 2.45) is 22.6 Å². The van der Waals surface area contributed by atoms with Crippen LogP contribution in [0.4, 0.5) is 0 Å². The molecule has 71 heavy (non-hydrogen) atoms. The van der Waals surface area contributed by atoms with Crippen LogP contribution in [0.3, 0.4) is 0 Å². The van der Waals surface area contributed by atoms with Crippen LogP contribution in [-0.4, -0.2) is 130 Å². The lowest BCUT2D eigenvalue weighted by Gasteiger charge is -2.30. The number of aryl methyl sites for hydroxylation is 1. The Bertz CT molecular complexity index is 2340. The molecule has 2 aliphatic rings. The maximum Gasteiger partial charge on any atom is 0.325 e. The van der Waals surface area contributed by atoms with Gasteiger partial charge in [-0.3, -0.25) is 33.6 Å². The van der Waals surface area contributed by atoms with Gasteiger partial charge in [-0.2, -0.15) is 9.82 Å². The van der Waals surface area contributed by atoms with Crippen molar-refractivity contribution in [2.45, 2.75) is 156 Å². The number of allylic oxidation sites excluding steroid dienone is 1. The molecule has 4 rings (SSSR count). The third-order valence-electron chi connectivity index (χ3n) is 12.5. The zero-order valence-electron chi connectivity index (χ0n) is 43.3. The largest absolute Gasteiger partial charge is 0.468 e. The number of ether oxygens (including phenoxy) is 3. The number of hydrogen-bond donors (Lipinski definition) is 7. The predicted octanol–water partition coefficient (Wildman–Crippen LogP) is 3.86. The molecule has 0 spiro atoms. The van der Waals surface area contributed by atoms with Crippen LogP contribution in [0.5, 0.6) is 0 Å². The minimum atomic E-state index is -4.30. The van der Waals surface area contributed by atoms with Gasteiger partial charge in [-0.05, 0) is 109 Å². The molecule has 0 bridgehead atoms. The normalized spacial score (nSPS) is 18.0. The Kier molecular flexibility index (Phi) is 23.0. The second-order valence-corrected chi connectivity index (χ2v) is 21.2. The first-order chi connectivity index (χ1) is 33.6. The monoisotopic (exact) mass is 1010 g/mol.